The maximum absolute atomic E-state index is 5.92. The van der Waals surface area contributed by atoms with Crippen LogP contribution in [0.15, 0.2) is 18.2 Å². The standard InChI is InChI=1S/C15H25N3O/c1-4-19-15-11-13(5-6-14(15)16)18-9-7-17(8-10-18)12(2)3/h5-6,11-12H,4,7-10,16H2,1-3H3. The Morgan fingerprint density at radius 3 is 2.47 bits per heavy atom. The number of ether oxygens (including phenoxy) is 1. The Bertz CT molecular complexity index is 412. The van der Waals surface area contributed by atoms with E-state index in [1.165, 1.54) is 5.69 Å². The summed E-state index contributed by atoms with van der Waals surface area (Å²) in [5.74, 6) is 0.797. The Kier molecular flexibility index (Phi) is 4.53. The van der Waals surface area contributed by atoms with Crippen LogP contribution in [-0.2, 0) is 0 Å². The SMILES string of the molecule is CCOc1cc(N2CCN(C(C)C)CC2)ccc1N. The van der Waals surface area contributed by atoms with Gasteiger partial charge in [-0.15, -0.1) is 0 Å². The summed E-state index contributed by atoms with van der Waals surface area (Å²) in [4.78, 5) is 4.91. The molecule has 0 saturated carbocycles. The maximum Gasteiger partial charge on any atom is 0.144 e. The monoisotopic (exact) mass is 263 g/mol. The summed E-state index contributed by atoms with van der Waals surface area (Å²) in [6.45, 7) is 11.5. The second-order valence-corrected chi connectivity index (χ2v) is 5.27. The van der Waals surface area contributed by atoms with Crippen LogP contribution >= 0.6 is 0 Å². The lowest BCUT2D eigenvalue weighted by atomic mass is 10.2. The van der Waals surface area contributed by atoms with E-state index in [4.69, 9.17) is 10.5 Å². The molecular weight excluding hydrogens is 238 g/mol. The molecule has 1 saturated heterocycles. The molecule has 2 N–H and O–H groups in total. The first kappa shape index (κ1) is 14.0. The van der Waals surface area contributed by atoms with Gasteiger partial charge in [-0.05, 0) is 32.9 Å². The van der Waals surface area contributed by atoms with Crippen LogP contribution in [0, 0.1) is 0 Å². The molecule has 0 amide bonds. The summed E-state index contributed by atoms with van der Waals surface area (Å²) >= 11 is 0. The van der Waals surface area contributed by atoms with Crippen LogP contribution in [0.25, 0.3) is 0 Å². The first-order valence-electron chi connectivity index (χ1n) is 7.13. The van der Waals surface area contributed by atoms with Crippen LogP contribution < -0.4 is 15.4 Å². The smallest absolute Gasteiger partial charge is 0.144 e. The van der Waals surface area contributed by atoms with Crippen molar-refractivity contribution in [2.24, 2.45) is 0 Å². The highest BCUT2D eigenvalue weighted by molar-refractivity contribution is 5.62. The second-order valence-electron chi connectivity index (χ2n) is 5.27. The summed E-state index contributed by atoms with van der Waals surface area (Å²) in [6.07, 6.45) is 0. The quantitative estimate of drug-likeness (QED) is 0.846. The van der Waals surface area contributed by atoms with E-state index in [9.17, 15) is 0 Å². The molecule has 1 aliphatic rings. The van der Waals surface area contributed by atoms with Crippen molar-refractivity contribution in [1.82, 2.24) is 4.90 Å². The van der Waals surface area contributed by atoms with Gasteiger partial charge in [0, 0.05) is 44.0 Å². The van der Waals surface area contributed by atoms with Gasteiger partial charge in [0.2, 0.25) is 0 Å². The van der Waals surface area contributed by atoms with Gasteiger partial charge in [-0.25, -0.2) is 0 Å². The summed E-state index contributed by atoms with van der Waals surface area (Å²) in [5.41, 5.74) is 7.84. The zero-order valence-electron chi connectivity index (χ0n) is 12.2. The average Bonchev–Trinajstić information content (AvgIpc) is 2.41. The van der Waals surface area contributed by atoms with Crippen LogP contribution in [0.1, 0.15) is 20.8 Å². The number of hydrogen-bond donors (Lipinski definition) is 1. The predicted molar refractivity (Wildman–Crippen MR) is 80.9 cm³/mol. The van der Waals surface area contributed by atoms with Crippen LogP contribution in [0.3, 0.4) is 0 Å². The number of rotatable bonds is 4. The molecule has 0 unspecified atom stereocenters. The van der Waals surface area contributed by atoms with Gasteiger partial charge in [0.25, 0.3) is 0 Å². The summed E-state index contributed by atoms with van der Waals surface area (Å²) in [6, 6.07) is 6.72. The van der Waals surface area contributed by atoms with E-state index < -0.39 is 0 Å². The molecule has 2 rings (SSSR count). The van der Waals surface area contributed by atoms with E-state index in [0.717, 1.165) is 31.9 Å². The predicted octanol–water partition coefficient (Wildman–Crippen LogP) is 2.20. The topological polar surface area (TPSA) is 41.7 Å². The van der Waals surface area contributed by atoms with E-state index >= 15 is 0 Å². The van der Waals surface area contributed by atoms with Crippen molar-refractivity contribution in [2.75, 3.05) is 43.4 Å². The van der Waals surface area contributed by atoms with Crippen molar-refractivity contribution < 1.29 is 4.74 Å². The molecule has 0 spiro atoms. The third-order valence-corrected chi connectivity index (χ3v) is 3.71. The normalized spacial score (nSPS) is 16.9. The van der Waals surface area contributed by atoms with Crippen molar-refractivity contribution in [3.63, 3.8) is 0 Å². The number of nitrogens with zero attached hydrogens (tertiary/aromatic N) is 2. The third-order valence-electron chi connectivity index (χ3n) is 3.71. The molecule has 0 aromatic heterocycles. The van der Waals surface area contributed by atoms with Gasteiger partial charge < -0.3 is 15.4 Å². The molecule has 1 aromatic carbocycles. The Labute approximate surface area is 116 Å². The summed E-state index contributed by atoms with van der Waals surface area (Å²) < 4.78 is 5.57. The fourth-order valence-electron chi connectivity index (χ4n) is 2.50. The van der Waals surface area contributed by atoms with Gasteiger partial charge in [0.1, 0.15) is 5.75 Å². The molecule has 106 valence electrons. The molecule has 1 heterocycles. The average molecular weight is 263 g/mol. The number of piperazine rings is 1. The van der Waals surface area contributed by atoms with E-state index in [-0.39, 0.29) is 0 Å². The lowest BCUT2D eigenvalue weighted by molar-refractivity contribution is 0.209. The molecule has 0 aliphatic carbocycles. The van der Waals surface area contributed by atoms with Gasteiger partial charge in [0.15, 0.2) is 0 Å². The molecule has 1 aromatic rings. The minimum Gasteiger partial charge on any atom is -0.492 e. The summed E-state index contributed by atoms with van der Waals surface area (Å²) in [7, 11) is 0. The fourth-order valence-corrected chi connectivity index (χ4v) is 2.50. The first-order chi connectivity index (χ1) is 9.11. The van der Waals surface area contributed by atoms with Crippen molar-refractivity contribution in [1.29, 1.82) is 0 Å². The van der Waals surface area contributed by atoms with E-state index in [2.05, 4.69) is 35.8 Å². The molecule has 19 heavy (non-hydrogen) atoms. The van der Waals surface area contributed by atoms with E-state index in [0.29, 0.717) is 18.3 Å². The molecule has 0 radical (unpaired) electrons. The lowest BCUT2D eigenvalue weighted by Crippen LogP contribution is -2.48. The second kappa shape index (κ2) is 6.15. The number of nitrogens with two attached hydrogens (primary N) is 1. The van der Waals surface area contributed by atoms with Gasteiger partial charge >= 0.3 is 0 Å². The van der Waals surface area contributed by atoms with Crippen molar-refractivity contribution in [2.45, 2.75) is 26.8 Å². The Hall–Kier alpha value is -1.42. The van der Waals surface area contributed by atoms with E-state index in [1.807, 2.05) is 13.0 Å². The lowest BCUT2D eigenvalue weighted by Gasteiger charge is -2.38. The molecule has 1 aliphatic heterocycles. The highest BCUT2D eigenvalue weighted by Gasteiger charge is 2.19. The van der Waals surface area contributed by atoms with Crippen LogP contribution in [0.2, 0.25) is 0 Å². The molecule has 4 heteroatoms. The largest absolute Gasteiger partial charge is 0.492 e. The van der Waals surface area contributed by atoms with E-state index in [1.54, 1.807) is 0 Å². The van der Waals surface area contributed by atoms with Crippen LogP contribution in [-0.4, -0.2) is 43.7 Å². The van der Waals surface area contributed by atoms with Crippen molar-refractivity contribution in [3.8, 4) is 5.75 Å². The molecule has 1 fully saturated rings. The van der Waals surface area contributed by atoms with Gasteiger partial charge in [-0.3, -0.25) is 4.90 Å². The zero-order chi connectivity index (χ0) is 13.8. The number of benzene rings is 1. The van der Waals surface area contributed by atoms with Gasteiger partial charge in [-0.2, -0.15) is 0 Å². The Morgan fingerprint density at radius 1 is 1.21 bits per heavy atom. The Morgan fingerprint density at radius 2 is 1.89 bits per heavy atom. The van der Waals surface area contributed by atoms with Crippen LogP contribution in [0.5, 0.6) is 5.75 Å². The van der Waals surface area contributed by atoms with Crippen molar-refractivity contribution >= 4 is 11.4 Å². The number of hydrogen-bond acceptors (Lipinski definition) is 4. The molecule has 4 nitrogen and oxygen atoms in total. The van der Waals surface area contributed by atoms with Gasteiger partial charge in [0.05, 0.1) is 12.3 Å². The maximum atomic E-state index is 5.92. The minimum atomic E-state index is 0.632. The minimum absolute atomic E-state index is 0.632. The van der Waals surface area contributed by atoms with Crippen molar-refractivity contribution in [3.05, 3.63) is 18.2 Å². The highest BCUT2D eigenvalue weighted by atomic mass is 16.5. The molecular formula is C15H25N3O. The molecule has 0 bridgehead atoms. The zero-order valence-corrected chi connectivity index (χ0v) is 12.2. The summed E-state index contributed by atoms with van der Waals surface area (Å²) in [5, 5.41) is 0. The van der Waals surface area contributed by atoms with Crippen LogP contribution in [0.4, 0.5) is 11.4 Å². The fraction of sp³-hybridized carbons (Fsp3) is 0.600. The molecule has 0 atom stereocenters. The highest BCUT2D eigenvalue weighted by Crippen LogP contribution is 2.28. The number of anilines is 2. The number of nitrogen functional groups attached to an aromatic ring is 1. The third kappa shape index (κ3) is 3.32. The first-order valence-corrected chi connectivity index (χ1v) is 7.13. The van der Waals surface area contributed by atoms with Gasteiger partial charge in [-0.1, -0.05) is 0 Å². The Balaban J connectivity index is 2.05.